The molecule has 4 nitrogen and oxygen atoms in total. The molecule has 1 aromatic heterocycles. The van der Waals surface area contributed by atoms with Gasteiger partial charge in [0.05, 0.1) is 6.54 Å². The predicted molar refractivity (Wildman–Crippen MR) is 87.5 cm³/mol. The van der Waals surface area contributed by atoms with Crippen LogP contribution in [-0.4, -0.2) is 24.0 Å². The molecule has 0 spiro atoms. The van der Waals surface area contributed by atoms with Crippen LogP contribution in [0.5, 0.6) is 0 Å². The molecule has 0 atom stereocenters. The van der Waals surface area contributed by atoms with Crippen molar-refractivity contribution in [2.45, 2.75) is 12.8 Å². The number of halogens is 3. The minimum atomic E-state index is -0.898. The van der Waals surface area contributed by atoms with Crippen molar-refractivity contribution in [2.75, 3.05) is 23.3 Å². The summed E-state index contributed by atoms with van der Waals surface area (Å²) in [6, 6.07) is 5.83. The number of benzene rings is 1. The topological polar surface area (TPSA) is 45.2 Å². The third-order valence-electron chi connectivity index (χ3n) is 3.67. The number of hydrogen-bond acceptors (Lipinski definition) is 3. The number of nitrogens with zero attached hydrogens (tertiary/aromatic N) is 2. The van der Waals surface area contributed by atoms with Gasteiger partial charge in [0.15, 0.2) is 11.6 Å². The highest BCUT2D eigenvalue weighted by molar-refractivity contribution is 9.10. The first-order valence-corrected chi connectivity index (χ1v) is 7.96. The Labute approximate surface area is 140 Å². The highest BCUT2D eigenvalue weighted by atomic mass is 79.9. The first-order valence-electron chi connectivity index (χ1n) is 7.17. The first kappa shape index (κ1) is 15.9. The third kappa shape index (κ3) is 3.67. The zero-order chi connectivity index (χ0) is 16.4. The van der Waals surface area contributed by atoms with Gasteiger partial charge in [-0.05, 0) is 52.5 Å². The van der Waals surface area contributed by atoms with Gasteiger partial charge in [0, 0.05) is 29.0 Å². The van der Waals surface area contributed by atoms with Crippen LogP contribution in [0.4, 0.5) is 20.3 Å². The molecule has 2 aromatic rings. The van der Waals surface area contributed by atoms with Crippen LogP contribution in [0.1, 0.15) is 12.0 Å². The number of aryl methyl sites for hydroxylation is 1. The molecule has 0 saturated carbocycles. The number of carbonyl (C=O) groups is 1. The molecule has 120 valence electrons. The van der Waals surface area contributed by atoms with E-state index in [-0.39, 0.29) is 12.5 Å². The summed E-state index contributed by atoms with van der Waals surface area (Å²) in [5.41, 5.74) is 1.30. The van der Waals surface area contributed by atoms with Crippen molar-refractivity contribution >= 4 is 33.3 Å². The molecular weight excluding hydrogens is 368 g/mol. The zero-order valence-corrected chi connectivity index (χ0v) is 13.7. The average molecular weight is 382 g/mol. The quantitative estimate of drug-likeness (QED) is 0.884. The molecule has 0 aliphatic carbocycles. The van der Waals surface area contributed by atoms with Crippen molar-refractivity contribution in [1.29, 1.82) is 0 Å². The Kier molecular flexibility index (Phi) is 4.56. The number of rotatable bonds is 3. The van der Waals surface area contributed by atoms with Crippen molar-refractivity contribution in [1.82, 2.24) is 4.98 Å². The Morgan fingerprint density at radius 3 is 2.83 bits per heavy atom. The lowest BCUT2D eigenvalue weighted by Gasteiger charge is -2.30. The van der Waals surface area contributed by atoms with Crippen molar-refractivity contribution in [3.8, 4) is 0 Å². The normalized spacial score (nSPS) is 13.6. The molecule has 1 aliphatic heterocycles. The van der Waals surface area contributed by atoms with Gasteiger partial charge in [-0.2, -0.15) is 0 Å². The van der Waals surface area contributed by atoms with E-state index in [0.29, 0.717) is 24.5 Å². The zero-order valence-electron chi connectivity index (χ0n) is 12.2. The molecule has 0 saturated heterocycles. The standard InChI is InChI=1S/C16H14BrF2N3O/c17-11-3-4-15(20-8-11)21-16(23)9-22-5-1-2-10-6-12(18)13(19)7-14(10)22/h3-4,6-8H,1-2,5,9H2,(H,20,21,23). The average Bonchev–Trinajstić information content (AvgIpc) is 2.51. The number of anilines is 2. The Morgan fingerprint density at radius 2 is 2.09 bits per heavy atom. The molecule has 2 heterocycles. The minimum absolute atomic E-state index is 0.0653. The maximum Gasteiger partial charge on any atom is 0.245 e. The van der Waals surface area contributed by atoms with Gasteiger partial charge in [-0.15, -0.1) is 0 Å². The molecule has 1 amide bonds. The fourth-order valence-electron chi connectivity index (χ4n) is 2.62. The van der Waals surface area contributed by atoms with Crippen LogP contribution < -0.4 is 10.2 Å². The smallest absolute Gasteiger partial charge is 0.245 e. The van der Waals surface area contributed by atoms with Crippen LogP contribution in [-0.2, 0) is 11.2 Å². The largest absolute Gasteiger partial charge is 0.362 e. The summed E-state index contributed by atoms with van der Waals surface area (Å²) >= 11 is 3.27. The van der Waals surface area contributed by atoms with Gasteiger partial charge < -0.3 is 10.2 Å². The van der Waals surface area contributed by atoms with E-state index in [2.05, 4.69) is 26.2 Å². The minimum Gasteiger partial charge on any atom is -0.362 e. The molecular formula is C16H14BrF2N3O. The second-order valence-corrected chi connectivity index (χ2v) is 6.25. The van der Waals surface area contributed by atoms with E-state index in [4.69, 9.17) is 0 Å². The number of amides is 1. The lowest BCUT2D eigenvalue weighted by atomic mass is 10.0. The Bertz CT molecular complexity index is 737. The van der Waals surface area contributed by atoms with Crippen LogP contribution in [0, 0.1) is 11.6 Å². The summed E-state index contributed by atoms with van der Waals surface area (Å²) in [4.78, 5) is 18.0. The maximum absolute atomic E-state index is 13.5. The predicted octanol–water partition coefficient (Wildman–Crippen LogP) is 3.51. The van der Waals surface area contributed by atoms with Gasteiger partial charge in [-0.1, -0.05) is 0 Å². The summed E-state index contributed by atoms with van der Waals surface area (Å²) in [7, 11) is 0. The SMILES string of the molecule is O=C(CN1CCCc2cc(F)c(F)cc21)Nc1ccc(Br)cn1. The molecule has 3 rings (SSSR count). The lowest BCUT2D eigenvalue weighted by Crippen LogP contribution is -2.37. The molecule has 23 heavy (non-hydrogen) atoms. The summed E-state index contributed by atoms with van der Waals surface area (Å²) in [5, 5.41) is 2.69. The molecule has 1 aliphatic rings. The van der Waals surface area contributed by atoms with Gasteiger partial charge in [-0.3, -0.25) is 4.79 Å². The number of fused-ring (bicyclic) bond motifs is 1. The molecule has 0 fully saturated rings. The van der Waals surface area contributed by atoms with E-state index in [1.807, 2.05) is 0 Å². The molecule has 1 aromatic carbocycles. The van der Waals surface area contributed by atoms with Gasteiger partial charge in [0.1, 0.15) is 5.82 Å². The number of aromatic nitrogens is 1. The number of nitrogens with one attached hydrogen (secondary N) is 1. The van der Waals surface area contributed by atoms with E-state index < -0.39 is 11.6 Å². The van der Waals surface area contributed by atoms with Crippen LogP contribution >= 0.6 is 15.9 Å². The Morgan fingerprint density at radius 1 is 1.30 bits per heavy atom. The number of pyridine rings is 1. The van der Waals surface area contributed by atoms with E-state index in [1.54, 1.807) is 23.2 Å². The van der Waals surface area contributed by atoms with Crippen LogP contribution in [0.2, 0.25) is 0 Å². The highest BCUT2D eigenvalue weighted by Gasteiger charge is 2.21. The molecule has 1 N–H and O–H groups in total. The summed E-state index contributed by atoms with van der Waals surface area (Å²) < 4.78 is 27.6. The third-order valence-corrected chi connectivity index (χ3v) is 4.13. The molecule has 7 heteroatoms. The van der Waals surface area contributed by atoms with Gasteiger partial charge >= 0.3 is 0 Å². The van der Waals surface area contributed by atoms with Crippen molar-refractivity contribution < 1.29 is 13.6 Å². The van der Waals surface area contributed by atoms with E-state index in [0.717, 1.165) is 22.5 Å². The van der Waals surface area contributed by atoms with Crippen molar-refractivity contribution in [3.05, 3.63) is 52.1 Å². The Balaban J connectivity index is 1.72. The fourth-order valence-corrected chi connectivity index (χ4v) is 2.86. The van der Waals surface area contributed by atoms with Crippen LogP contribution in [0.25, 0.3) is 0 Å². The van der Waals surface area contributed by atoms with E-state index >= 15 is 0 Å². The number of hydrogen-bond donors (Lipinski definition) is 1. The first-order chi connectivity index (χ1) is 11.0. The summed E-state index contributed by atoms with van der Waals surface area (Å²) in [6.45, 7) is 0.690. The van der Waals surface area contributed by atoms with Crippen LogP contribution in [0.3, 0.4) is 0 Å². The summed E-state index contributed by atoms with van der Waals surface area (Å²) in [5.74, 6) is -1.56. The molecule has 0 unspecified atom stereocenters. The fraction of sp³-hybridized carbons (Fsp3) is 0.250. The maximum atomic E-state index is 13.5. The van der Waals surface area contributed by atoms with Crippen molar-refractivity contribution in [2.24, 2.45) is 0 Å². The second kappa shape index (κ2) is 6.62. The van der Waals surface area contributed by atoms with Gasteiger partial charge in [-0.25, -0.2) is 13.8 Å². The van der Waals surface area contributed by atoms with E-state index in [1.165, 1.54) is 6.07 Å². The molecule has 0 radical (unpaired) electrons. The van der Waals surface area contributed by atoms with Gasteiger partial charge in [0.2, 0.25) is 5.91 Å². The lowest BCUT2D eigenvalue weighted by molar-refractivity contribution is -0.115. The highest BCUT2D eigenvalue weighted by Crippen LogP contribution is 2.29. The monoisotopic (exact) mass is 381 g/mol. The van der Waals surface area contributed by atoms with Crippen LogP contribution in [0.15, 0.2) is 34.9 Å². The Hall–Kier alpha value is -2.02. The number of carbonyl (C=O) groups excluding carboxylic acids is 1. The second-order valence-electron chi connectivity index (χ2n) is 5.33. The van der Waals surface area contributed by atoms with Gasteiger partial charge in [0.25, 0.3) is 0 Å². The summed E-state index contributed by atoms with van der Waals surface area (Å²) in [6.07, 6.45) is 3.06. The molecule has 0 bridgehead atoms. The van der Waals surface area contributed by atoms with Crippen molar-refractivity contribution in [3.63, 3.8) is 0 Å². The van der Waals surface area contributed by atoms with E-state index in [9.17, 15) is 13.6 Å².